The Morgan fingerprint density at radius 3 is 1.07 bits per heavy atom. The van der Waals surface area contributed by atoms with E-state index in [1.165, 1.54) is 101 Å². The van der Waals surface area contributed by atoms with Gasteiger partial charge < -0.3 is 23.7 Å². The van der Waals surface area contributed by atoms with E-state index in [1.54, 1.807) is 24.3 Å². The molecule has 4 N–H and O–H groups in total. The Kier molecular flexibility index (Phi) is 19.2. The molecule has 0 radical (unpaired) electrons. The van der Waals surface area contributed by atoms with Crippen LogP contribution in [0.2, 0.25) is 0 Å². The molecule has 228 valence electrons. The highest BCUT2D eigenvalue weighted by molar-refractivity contribution is 7.48. The van der Waals surface area contributed by atoms with Crippen LogP contribution in [0.4, 0.5) is 0 Å². The van der Waals surface area contributed by atoms with E-state index in [9.17, 15) is 9.46 Å². The van der Waals surface area contributed by atoms with Crippen LogP contribution in [0.5, 0.6) is 11.5 Å². The van der Waals surface area contributed by atoms with Gasteiger partial charge in [-0.25, -0.2) is 9.13 Å². The van der Waals surface area contributed by atoms with Crippen LogP contribution in [0, 0.1) is 0 Å². The predicted octanol–water partition coefficient (Wildman–Crippen LogP) is 8.90. The summed E-state index contributed by atoms with van der Waals surface area (Å²) in [5.74, 6) is 0.685. The molecule has 0 aliphatic carbocycles. The number of rotatable bonds is 20. The highest BCUT2D eigenvalue weighted by Crippen LogP contribution is 2.44. The van der Waals surface area contributed by atoms with Crippen molar-refractivity contribution in [2.75, 3.05) is 0 Å². The van der Waals surface area contributed by atoms with Gasteiger partial charge in [-0.15, -0.1) is 0 Å². The second kappa shape index (κ2) is 21.1. The van der Waals surface area contributed by atoms with Crippen molar-refractivity contribution < 1.29 is 37.8 Å². The Morgan fingerprint density at radius 1 is 0.500 bits per heavy atom. The first-order valence-electron chi connectivity index (χ1n) is 14.7. The lowest BCUT2D eigenvalue weighted by Gasteiger charge is -2.14. The third-order valence-electron chi connectivity index (χ3n) is 6.43. The molecule has 2 aromatic rings. The standard InChI is InChI=1S/C30H47O4P.H3O4P/c1-3-5-7-9-11-13-15-17-27-19-23-29(24-20-27)33-35(31,32)34-30-25-21-28(22-26-30)18-16-14-12-10-8-6-4-2;1-5(2,3)4/h19-26H,3-18H2,1-2H3,(H,31,32);(H3,1,2,3,4). The predicted molar refractivity (Wildman–Crippen MR) is 162 cm³/mol. The van der Waals surface area contributed by atoms with Crippen molar-refractivity contribution in [1.82, 2.24) is 0 Å². The van der Waals surface area contributed by atoms with Crippen molar-refractivity contribution in [2.45, 2.75) is 117 Å². The molecule has 0 atom stereocenters. The number of hydrogen-bond acceptors (Lipinski definition) is 4. The Balaban J connectivity index is 0.00000146. The van der Waals surface area contributed by atoms with E-state index >= 15 is 0 Å². The van der Waals surface area contributed by atoms with Gasteiger partial charge in [0.25, 0.3) is 0 Å². The molecule has 0 fully saturated rings. The minimum atomic E-state index is -4.64. The number of hydrogen-bond donors (Lipinski definition) is 4. The molecule has 2 aromatic carbocycles. The van der Waals surface area contributed by atoms with Gasteiger partial charge in [-0.05, 0) is 61.1 Å². The SMILES string of the molecule is CCCCCCCCCc1ccc(OP(=O)(O)Oc2ccc(CCCCCCCCC)cc2)cc1.O=P(O)(O)O. The van der Waals surface area contributed by atoms with Gasteiger partial charge in [0.05, 0.1) is 0 Å². The van der Waals surface area contributed by atoms with Crippen molar-refractivity contribution in [2.24, 2.45) is 0 Å². The second-order valence-corrected chi connectivity index (χ2v) is 12.5. The van der Waals surface area contributed by atoms with E-state index in [0.29, 0.717) is 11.5 Å². The molecule has 0 saturated carbocycles. The van der Waals surface area contributed by atoms with Crippen molar-refractivity contribution in [1.29, 1.82) is 0 Å². The van der Waals surface area contributed by atoms with Gasteiger partial charge >= 0.3 is 15.6 Å². The molecule has 0 bridgehead atoms. The average Bonchev–Trinajstić information content (AvgIpc) is 2.88. The molecule has 0 aliphatic rings. The molecular formula is C30H50O8P2. The molecule has 0 saturated heterocycles. The minimum Gasteiger partial charge on any atom is -0.395 e. The summed E-state index contributed by atoms with van der Waals surface area (Å²) in [7, 11) is -8.88. The Bertz CT molecular complexity index is 914. The maximum Gasteiger partial charge on any atom is 0.584 e. The van der Waals surface area contributed by atoms with Gasteiger partial charge in [0.15, 0.2) is 0 Å². The fraction of sp³-hybridized carbons (Fsp3) is 0.600. The first kappa shape index (κ1) is 36.4. The van der Waals surface area contributed by atoms with Gasteiger partial charge in [-0.1, -0.05) is 115 Å². The third kappa shape index (κ3) is 21.1. The van der Waals surface area contributed by atoms with Crippen LogP contribution in [0.15, 0.2) is 48.5 Å². The summed E-state index contributed by atoms with van der Waals surface area (Å²) in [6.07, 6.45) is 20.1. The lowest BCUT2D eigenvalue weighted by molar-refractivity contribution is 0.275. The van der Waals surface area contributed by atoms with Crippen LogP contribution in [0.3, 0.4) is 0 Å². The Hall–Kier alpha value is -1.66. The van der Waals surface area contributed by atoms with Crippen LogP contribution in [-0.2, 0) is 22.0 Å². The van der Waals surface area contributed by atoms with Gasteiger partial charge in [-0.3, -0.25) is 4.89 Å². The molecular weight excluding hydrogens is 550 g/mol. The largest absolute Gasteiger partial charge is 0.584 e. The minimum absolute atomic E-state index is 0.342. The summed E-state index contributed by atoms with van der Waals surface area (Å²) < 4.78 is 31.9. The van der Waals surface area contributed by atoms with E-state index in [4.69, 9.17) is 28.3 Å². The van der Waals surface area contributed by atoms with Crippen LogP contribution in [0.25, 0.3) is 0 Å². The zero-order valence-corrected chi connectivity index (χ0v) is 26.0. The highest BCUT2D eigenvalue weighted by Gasteiger charge is 2.25. The summed E-state index contributed by atoms with van der Waals surface area (Å²) in [5.41, 5.74) is 2.44. The molecule has 0 heterocycles. The normalized spacial score (nSPS) is 11.6. The smallest absolute Gasteiger partial charge is 0.395 e. The summed E-state index contributed by atoms with van der Waals surface area (Å²) in [6, 6.07) is 14.8. The number of unbranched alkanes of at least 4 members (excludes halogenated alkanes) is 12. The summed E-state index contributed by atoms with van der Waals surface area (Å²) >= 11 is 0. The number of aryl methyl sites for hydroxylation is 2. The van der Waals surface area contributed by atoms with E-state index in [1.807, 2.05) is 24.3 Å². The maximum atomic E-state index is 12.5. The average molecular weight is 601 g/mol. The second-order valence-electron chi connectivity index (χ2n) is 10.2. The molecule has 40 heavy (non-hydrogen) atoms. The molecule has 2 rings (SSSR count). The fourth-order valence-electron chi connectivity index (χ4n) is 4.29. The van der Waals surface area contributed by atoms with Crippen LogP contribution >= 0.6 is 15.6 Å². The fourth-order valence-corrected chi connectivity index (χ4v) is 5.10. The third-order valence-corrected chi connectivity index (χ3v) is 7.31. The summed E-state index contributed by atoms with van der Waals surface area (Å²) in [5, 5.41) is 0. The number of phosphoric ester groups is 1. The van der Waals surface area contributed by atoms with Crippen molar-refractivity contribution >= 4 is 15.6 Å². The van der Waals surface area contributed by atoms with Crippen LogP contribution in [-0.4, -0.2) is 19.6 Å². The lowest BCUT2D eigenvalue weighted by atomic mass is 10.0. The zero-order valence-electron chi connectivity index (χ0n) is 24.2. The summed E-state index contributed by atoms with van der Waals surface area (Å²) in [4.78, 5) is 31.8. The Morgan fingerprint density at radius 2 is 0.775 bits per heavy atom. The van der Waals surface area contributed by atoms with Crippen LogP contribution < -0.4 is 9.05 Å². The Labute approximate surface area is 241 Å². The van der Waals surface area contributed by atoms with Crippen molar-refractivity contribution in [3.63, 3.8) is 0 Å². The molecule has 10 heteroatoms. The summed E-state index contributed by atoms with van der Waals surface area (Å²) in [6.45, 7) is 4.48. The number of benzene rings is 2. The molecule has 0 spiro atoms. The lowest BCUT2D eigenvalue weighted by Crippen LogP contribution is -2.00. The van der Waals surface area contributed by atoms with Gasteiger partial charge in [0.1, 0.15) is 11.5 Å². The number of phosphoric acid groups is 2. The van der Waals surface area contributed by atoms with Gasteiger partial charge in [-0.2, -0.15) is 0 Å². The molecule has 0 aliphatic heterocycles. The van der Waals surface area contributed by atoms with Crippen LogP contribution in [0.1, 0.15) is 115 Å². The maximum absolute atomic E-state index is 12.5. The van der Waals surface area contributed by atoms with E-state index in [0.717, 1.165) is 12.8 Å². The molecule has 0 amide bonds. The van der Waals surface area contributed by atoms with Gasteiger partial charge in [0.2, 0.25) is 0 Å². The monoisotopic (exact) mass is 600 g/mol. The quantitative estimate of drug-likeness (QED) is 0.0874. The topological polar surface area (TPSA) is 134 Å². The van der Waals surface area contributed by atoms with Crippen molar-refractivity contribution in [3.8, 4) is 11.5 Å². The van der Waals surface area contributed by atoms with E-state index in [-0.39, 0.29) is 0 Å². The van der Waals surface area contributed by atoms with E-state index in [2.05, 4.69) is 13.8 Å². The van der Waals surface area contributed by atoms with E-state index < -0.39 is 15.6 Å². The molecule has 0 unspecified atom stereocenters. The molecule has 0 aromatic heterocycles. The molecule has 8 nitrogen and oxygen atoms in total. The highest BCUT2D eigenvalue weighted by atomic mass is 31.2. The van der Waals surface area contributed by atoms with Gasteiger partial charge in [0, 0.05) is 0 Å². The van der Waals surface area contributed by atoms with Crippen molar-refractivity contribution in [3.05, 3.63) is 59.7 Å². The first-order valence-corrected chi connectivity index (χ1v) is 17.8. The zero-order chi connectivity index (χ0) is 29.7. The first-order chi connectivity index (χ1) is 19.0.